The van der Waals surface area contributed by atoms with Crippen LogP contribution in [0.15, 0.2) is 54.6 Å². The van der Waals surface area contributed by atoms with Gasteiger partial charge in [-0.1, -0.05) is 30.3 Å². The first-order valence-electron chi connectivity index (χ1n) is 8.60. The van der Waals surface area contributed by atoms with E-state index < -0.39 is 0 Å². The molecular weight excluding hydrogens is 316 g/mol. The van der Waals surface area contributed by atoms with Crippen molar-refractivity contribution in [1.29, 1.82) is 0 Å². The molecule has 5 heteroatoms. The maximum atomic E-state index is 12.2. The van der Waals surface area contributed by atoms with Crippen molar-refractivity contribution in [2.45, 2.75) is 24.8 Å². The molecule has 0 unspecified atom stereocenters. The van der Waals surface area contributed by atoms with Gasteiger partial charge in [-0.05, 0) is 49.1 Å². The molecule has 132 valence electrons. The van der Waals surface area contributed by atoms with Gasteiger partial charge in [0.05, 0.1) is 19.2 Å². The van der Waals surface area contributed by atoms with Crippen molar-refractivity contribution in [2.75, 3.05) is 20.3 Å². The number of urea groups is 1. The van der Waals surface area contributed by atoms with Crippen molar-refractivity contribution in [3.8, 4) is 11.5 Å². The normalized spacial score (nSPS) is 14.9. The lowest BCUT2D eigenvalue weighted by Gasteiger charge is -2.43. The van der Waals surface area contributed by atoms with Gasteiger partial charge in [-0.3, -0.25) is 0 Å². The van der Waals surface area contributed by atoms with E-state index in [4.69, 9.17) is 9.47 Å². The summed E-state index contributed by atoms with van der Waals surface area (Å²) in [5.74, 6) is 1.54. The van der Waals surface area contributed by atoms with Crippen LogP contribution in [0, 0.1) is 0 Å². The number of benzene rings is 2. The van der Waals surface area contributed by atoms with Crippen molar-refractivity contribution in [3.05, 3.63) is 60.2 Å². The molecular formula is C20H24N2O3. The molecule has 1 aliphatic carbocycles. The van der Waals surface area contributed by atoms with Gasteiger partial charge in [0.2, 0.25) is 0 Å². The Labute approximate surface area is 148 Å². The van der Waals surface area contributed by atoms with Crippen LogP contribution in [0.1, 0.15) is 24.8 Å². The van der Waals surface area contributed by atoms with Crippen molar-refractivity contribution in [1.82, 2.24) is 10.6 Å². The molecule has 5 nitrogen and oxygen atoms in total. The Morgan fingerprint density at radius 3 is 2.32 bits per heavy atom. The summed E-state index contributed by atoms with van der Waals surface area (Å²) in [5, 5.41) is 6.01. The molecule has 1 aliphatic rings. The number of rotatable bonds is 7. The van der Waals surface area contributed by atoms with Crippen molar-refractivity contribution >= 4 is 6.03 Å². The van der Waals surface area contributed by atoms with Gasteiger partial charge >= 0.3 is 6.03 Å². The quantitative estimate of drug-likeness (QED) is 0.759. The highest BCUT2D eigenvalue weighted by atomic mass is 16.5. The van der Waals surface area contributed by atoms with Crippen LogP contribution in [0.25, 0.3) is 0 Å². The fraction of sp³-hybridized carbons (Fsp3) is 0.350. The van der Waals surface area contributed by atoms with E-state index in [0.29, 0.717) is 13.2 Å². The average molecular weight is 340 g/mol. The predicted molar refractivity (Wildman–Crippen MR) is 97.0 cm³/mol. The maximum Gasteiger partial charge on any atom is 0.315 e. The van der Waals surface area contributed by atoms with Crippen LogP contribution in [0.3, 0.4) is 0 Å². The summed E-state index contributed by atoms with van der Waals surface area (Å²) < 4.78 is 10.7. The van der Waals surface area contributed by atoms with E-state index in [2.05, 4.69) is 22.8 Å². The molecule has 0 aliphatic heterocycles. The second kappa shape index (κ2) is 7.92. The number of ether oxygens (including phenoxy) is 2. The van der Waals surface area contributed by atoms with E-state index in [1.807, 2.05) is 42.5 Å². The third kappa shape index (κ3) is 4.24. The van der Waals surface area contributed by atoms with Crippen molar-refractivity contribution < 1.29 is 14.3 Å². The van der Waals surface area contributed by atoms with Gasteiger partial charge in [0.15, 0.2) is 0 Å². The molecule has 2 amide bonds. The van der Waals surface area contributed by atoms with Crippen molar-refractivity contribution in [2.24, 2.45) is 0 Å². The first kappa shape index (κ1) is 17.1. The molecule has 1 fully saturated rings. The highest BCUT2D eigenvalue weighted by Crippen LogP contribution is 2.40. The van der Waals surface area contributed by atoms with Gasteiger partial charge in [-0.25, -0.2) is 4.79 Å². The fourth-order valence-electron chi connectivity index (χ4n) is 3.04. The maximum absolute atomic E-state index is 12.2. The number of methoxy groups -OCH3 is 1. The van der Waals surface area contributed by atoms with E-state index in [0.717, 1.165) is 30.8 Å². The largest absolute Gasteiger partial charge is 0.497 e. The van der Waals surface area contributed by atoms with E-state index in [1.54, 1.807) is 7.11 Å². The Hall–Kier alpha value is -2.69. The molecule has 2 aromatic rings. The fourth-order valence-corrected chi connectivity index (χ4v) is 3.04. The molecule has 25 heavy (non-hydrogen) atoms. The van der Waals surface area contributed by atoms with Crippen LogP contribution < -0.4 is 20.1 Å². The molecule has 3 rings (SSSR count). The van der Waals surface area contributed by atoms with E-state index in [1.165, 1.54) is 5.56 Å². The van der Waals surface area contributed by atoms with E-state index in [-0.39, 0.29) is 11.6 Å². The summed E-state index contributed by atoms with van der Waals surface area (Å²) in [6.07, 6.45) is 3.09. The molecule has 0 spiro atoms. The third-order valence-corrected chi connectivity index (χ3v) is 4.60. The molecule has 0 aromatic heterocycles. The second-order valence-corrected chi connectivity index (χ2v) is 6.21. The topological polar surface area (TPSA) is 59.6 Å². The average Bonchev–Trinajstić information content (AvgIpc) is 2.63. The van der Waals surface area contributed by atoms with Crippen LogP contribution in [0.4, 0.5) is 4.79 Å². The van der Waals surface area contributed by atoms with Crippen LogP contribution in [-0.4, -0.2) is 26.3 Å². The van der Waals surface area contributed by atoms with Gasteiger partial charge < -0.3 is 20.1 Å². The lowest BCUT2D eigenvalue weighted by Crippen LogP contribution is -2.54. The highest BCUT2D eigenvalue weighted by molar-refractivity contribution is 5.75. The molecule has 1 saturated carbocycles. The third-order valence-electron chi connectivity index (χ3n) is 4.60. The van der Waals surface area contributed by atoms with Crippen LogP contribution >= 0.6 is 0 Å². The Kier molecular flexibility index (Phi) is 5.43. The molecule has 0 atom stereocenters. The first-order valence-corrected chi connectivity index (χ1v) is 8.60. The standard InChI is InChI=1S/C20H24N2O3/c1-24-17-8-10-18(11-9-17)25-15-14-21-19(23)22-20(12-5-13-20)16-6-3-2-4-7-16/h2-4,6-11H,5,12-15H2,1H3,(H2,21,22,23). The molecule has 0 heterocycles. The Balaban J connectivity index is 1.43. The minimum atomic E-state index is -0.220. The van der Waals surface area contributed by atoms with Crippen LogP contribution in [-0.2, 0) is 5.54 Å². The smallest absolute Gasteiger partial charge is 0.315 e. The second-order valence-electron chi connectivity index (χ2n) is 6.21. The lowest BCUT2D eigenvalue weighted by molar-refractivity contribution is 0.176. The van der Waals surface area contributed by atoms with Crippen LogP contribution in [0.5, 0.6) is 11.5 Å². The number of nitrogens with one attached hydrogen (secondary N) is 2. The summed E-state index contributed by atoms with van der Waals surface area (Å²) in [5.41, 5.74) is 0.952. The molecule has 0 radical (unpaired) electrons. The summed E-state index contributed by atoms with van der Waals surface area (Å²) in [6, 6.07) is 17.4. The summed E-state index contributed by atoms with van der Waals surface area (Å²) in [6.45, 7) is 0.862. The van der Waals surface area contributed by atoms with Crippen LogP contribution in [0.2, 0.25) is 0 Å². The molecule has 2 N–H and O–H groups in total. The van der Waals surface area contributed by atoms with Gasteiger partial charge in [-0.2, -0.15) is 0 Å². The van der Waals surface area contributed by atoms with Crippen molar-refractivity contribution in [3.63, 3.8) is 0 Å². The van der Waals surface area contributed by atoms with E-state index >= 15 is 0 Å². The summed E-state index contributed by atoms with van der Waals surface area (Å²) in [4.78, 5) is 12.2. The number of carbonyl (C=O) groups is 1. The predicted octanol–water partition coefficient (Wildman–Crippen LogP) is 3.45. The molecule has 0 saturated heterocycles. The Morgan fingerprint density at radius 2 is 1.72 bits per heavy atom. The Morgan fingerprint density at radius 1 is 1.04 bits per heavy atom. The zero-order valence-corrected chi connectivity index (χ0v) is 14.5. The number of hydrogen-bond acceptors (Lipinski definition) is 3. The zero-order valence-electron chi connectivity index (χ0n) is 14.5. The molecule has 0 bridgehead atoms. The first-order chi connectivity index (χ1) is 12.2. The zero-order chi connectivity index (χ0) is 17.5. The highest BCUT2D eigenvalue weighted by Gasteiger charge is 2.39. The van der Waals surface area contributed by atoms with Gasteiger partial charge in [0.1, 0.15) is 18.1 Å². The minimum absolute atomic E-state index is 0.151. The monoisotopic (exact) mass is 340 g/mol. The number of amides is 2. The number of carbonyl (C=O) groups excluding carboxylic acids is 1. The van der Waals surface area contributed by atoms with Gasteiger partial charge in [0.25, 0.3) is 0 Å². The summed E-state index contributed by atoms with van der Waals surface area (Å²) in [7, 11) is 1.63. The van der Waals surface area contributed by atoms with E-state index in [9.17, 15) is 4.79 Å². The van der Waals surface area contributed by atoms with Gasteiger partial charge in [0, 0.05) is 0 Å². The summed E-state index contributed by atoms with van der Waals surface area (Å²) >= 11 is 0. The lowest BCUT2D eigenvalue weighted by atomic mass is 9.72. The number of hydrogen-bond donors (Lipinski definition) is 2. The van der Waals surface area contributed by atoms with Gasteiger partial charge in [-0.15, -0.1) is 0 Å². The SMILES string of the molecule is COc1ccc(OCCNC(=O)NC2(c3ccccc3)CCC2)cc1. The molecule has 2 aromatic carbocycles. The minimum Gasteiger partial charge on any atom is -0.497 e. The Bertz CT molecular complexity index is 682.